The quantitative estimate of drug-likeness (QED) is 0.782. The summed E-state index contributed by atoms with van der Waals surface area (Å²) in [7, 11) is -1.42. The second-order valence-electron chi connectivity index (χ2n) is 6.77. The average molecular weight is 316 g/mol. The van der Waals surface area contributed by atoms with E-state index in [1.54, 1.807) is 7.11 Å². The number of hydrogen-bond acceptors (Lipinski definition) is 4. The van der Waals surface area contributed by atoms with Gasteiger partial charge in [0.25, 0.3) is 0 Å². The van der Waals surface area contributed by atoms with E-state index in [-0.39, 0.29) is 23.1 Å². The number of hydrogen-bond donors (Lipinski definition) is 0. The first kappa shape index (κ1) is 16.9. The smallest absolute Gasteiger partial charge is 0.164 e. The molecule has 0 saturated heterocycles. The summed E-state index contributed by atoms with van der Waals surface area (Å²) < 4.78 is 29.0. The highest BCUT2D eigenvalue weighted by Gasteiger charge is 2.38. The fourth-order valence-electron chi connectivity index (χ4n) is 4.00. The molecule has 2 aliphatic rings. The van der Waals surface area contributed by atoms with Crippen LogP contribution in [0.4, 0.5) is 0 Å². The molecule has 0 aromatic heterocycles. The zero-order valence-corrected chi connectivity index (χ0v) is 14.0. The van der Waals surface area contributed by atoms with Crippen molar-refractivity contribution in [3.05, 3.63) is 0 Å². The molecule has 4 nitrogen and oxygen atoms in total. The monoisotopic (exact) mass is 316 g/mol. The first-order chi connectivity index (χ1) is 9.93. The molecule has 0 amide bonds. The van der Waals surface area contributed by atoms with Gasteiger partial charge in [-0.2, -0.15) is 0 Å². The molecule has 0 heterocycles. The molecule has 0 spiro atoms. The van der Waals surface area contributed by atoms with E-state index in [1.165, 1.54) is 25.5 Å². The van der Waals surface area contributed by atoms with Gasteiger partial charge < -0.3 is 4.74 Å². The van der Waals surface area contributed by atoms with Crippen molar-refractivity contribution in [1.82, 2.24) is 0 Å². The van der Waals surface area contributed by atoms with Crippen molar-refractivity contribution in [2.45, 2.75) is 69.1 Å². The molecule has 21 heavy (non-hydrogen) atoms. The SMILES string of the molecule is COC(C(=O)C1CCCC(S(C)(=O)=O)C1)C1CCCCC1. The number of rotatable bonds is 5. The molecule has 3 atom stereocenters. The molecule has 0 aromatic rings. The molecule has 0 radical (unpaired) electrons. The van der Waals surface area contributed by atoms with E-state index in [0.29, 0.717) is 18.8 Å². The van der Waals surface area contributed by atoms with Gasteiger partial charge in [-0.1, -0.05) is 25.7 Å². The highest BCUT2D eigenvalue weighted by Crippen LogP contribution is 2.34. The Morgan fingerprint density at radius 1 is 1.05 bits per heavy atom. The lowest BCUT2D eigenvalue weighted by molar-refractivity contribution is -0.137. The van der Waals surface area contributed by atoms with E-state index in [0.717, 1.165) is 25.7 Å². The minimum absolute atomic E-state index is 0.134. The normalized spacial score (nSPS) is 30.0. The molecule has 2 aliphatic carbocycles. The van der Waals surface area contributed by atoms with E-state index in [1.807, 2.05) is 0 Å². The second kappa shape index (κ2) is 7.23. The Balaban J connectivity index is 2.03. The molecular formula is C16H28O4S. The highest BCUT2D eigenvalue weighted by atomic mass is 32.2. The van der Waals surface area contributed by atoms with Gasteiger partial charge in [0, 0.05) is 19.3 Å². The zero-order valence-electron chi connectivity index (χ0n) is 13.2. The summed E-state index contributed by atoms with van der Waals surface area (Å²) in [6, 6.07) is 0. The van der Waals surface area contributed by atoms with Crippen LogP contribution in [-0.2, 0) is 19.4 Å². The number of methoxy groups -OCH3 is 1. The molecule has 2 rings (SSSR count). The van der Waals surface area contributed by atoms with Crippen molar-refractivity contribution < 1.29 is 17.9 Å². The number of ketones is 1. The van der Waals surface area contributed by atoms with E-state index >= 15 is 0 Å². The van der Waals surface area contributed by atoms with Gasteiger partial charge in [0.1, 0.15) is 15.9 Å². The lowest BCUT2D eigenvalue weighted by Crippen LogP contribution is -2.40. The van der Waals surface area contributed by atoms with Crippen LogP contribution in [0, 0.1) is 11.8 Å². The molecule has 0 bridgehead atoms. The van der Waals surface area contributed by atoms with E-state index < -0.39 is 9.84 Å². The third-order valence-electron chi connectivity index (χ3n) is 5.25. The fourth-order valence-corrected chi connectivity index (χ4v) is 5.18. The van der Waals surface area contributed by atoms with E-state index in [9.17, 15) is 13.2 Å². The summed E-state index contributed by atoms with van der Waals surface area (Å²) >= 11 is 0. The molecule has 2 fully saturated rings. The van der Waals surface area contributed by atoms with Crippen LogP contribution in [0.25, 0.3) is 0 Å². The first-order valence-electron chi connectivity index (χ1n) is 8.19. The van der Waals surface area contributed by atoms with Crippen LogP contribution in [0.3, 0.4) is 0 Å². The zero-order chi connectivity index (χ0) is 15.5. The summed E-state index contributed by atoms with van der Waals surface area (Å²) in [5.74, 6) is 0.345. The average Bonchev–Trinajstić information content (AvgIpc) is 2.48. The van der Waals surface area contributed by atoms with Crippen LogP contribution in [-0.4, -0.2) is 38.9 Å². The lowest BCUT2D eigenvalue weighted by atomic mass is 9.77. The Bertz CT molecular complexity index is 451. The number of carbonyl (C=O) groups excluding carboxylic acids is 1. The van der Waals surface area contributed by atoms with Crippen molar-refractivity contribution in [3.63, 3.8) is 0 Å². The molecule has 0 aromatic carbocycles. The van der Waals surface area contributed by atoms with Crippen LogP contribution in [0.15, 0.2) is 0 Å². The Morgan fingerprint density at radius 3 is 2.29 bits per heavy atom. The van der Waals surface area contributed by atoms with Crippen LogP contribution in [0.5, 0.6) is 0 Å². The topological polar surface area (TPSA) is 60.4 Å². The third-order valence-corrected chi connectivity index (χ3v) is 6.89. The van der Waals surface area contributed by atoms with Gasteiger partial charge in [0.2, 0.25) is 0 Å². The Labute approximate surface area is 128 Å². The summed E-state index contributed by atoms with van der Waals surface area (Å²) in [5, 5.41) is -0.343. The van der Waals surface area contributed by atoms with Gasteiger partial charge in [-0.15, -0.1) is 0 Å². The largest absolute Gasteiger partial charge is 0.373 e. The Hall–Kier alpha value is -0.420. The summed E-state index contributed by atoms with van der Waals surface area (Å²) in [6.45, 7) is 0. The van der Waals surface area contributed by atoms with Gasteiger partial charge >= 0.3 is 0 Å². The fraction of sp³-hybridized carbons (Fsp3) is 0.938. The maximum absolute atomic E-state index is 12.8. The van der Waals surface area contributed by atoms with E-state index in [2.05, 4.69) is 0 Å². The van der Waals surface area contributed by atoms with Crippen LogP contribution in [0.1, 0.15) is 57.8 Å². The highest BCUT2D eigenvalue weighted by molar-refractivity contribution is 7.91. The molecule has 0 N–H and O–H groups in total. The maximum Gasteiger partial charge on any atom is 0.164 e. The molecule has 3 unspecified atom stereocenters. The molecule has 5 heteroatoms. The summed E-state index contributed by atoms with van der Waals surface area (Å²) in [4.78, 5) is 12.8. The van der Waals surface area contributed by atoms with Crippen LogP contribution in [0.2, 0.25) is 0 Å². The molecular weight excluding hydrogens is 288 g/mol. The minimum atomic E-state index is -3.04. The third kappa shape index (κ3) is 4.28. The lowest BCUT2D eigenvalue weighted by Gasteiger charge is -2.33. The van der Waals surface area contributed by atoms with Crippen molar-refractivity contribution in [2.24, 2.45) is 11.8 Å². The standard InChI is InChI=1S/C16H28O4S/c1-20-16(12-7-4-3-5-8-12)15(17)13-9-6-10-14(11-13)21(2,18)19/h12-14,16H,3-11H2,1-2H3. The van der Waals surface area contributed by atoms with Gasteiger partial charge in [-0.3, -0.25) is 4.79 Å². The van der Waals surface area contributed by atoms with Gasteiger partial charge in [-0.25, -0.2) is 8.42 Å². The predicted octanol–water partition coefficient (Wildman–Crippen LogP) is 2.75. The Morgan fingerprint density at radius 2 is 1.71 bits per heavy atom. The summed E-state index contributed by atoms with van der Waals surface area (Å²) in [6.07, 6.45) is 9.52. The van der Waals surface area contributed by atoms with Gasteiger partial charge in [-0.05, 0) is 38.0 Å². The Kier molecular flexibility index (Phi) is 5.83. The van der Waals surface area contributed by atoms with E-state index in [4.69, 9.17) is 4.74 Å². The number of sulfone groups is 1. The van der Waals surface area contributed by atoms with Crippen molar-refractivity contribution >= 4 is 15.6 Å². The van der Waals surface area contributed by atoms with Gasteiger partial charge in [0.15, 0.2) is 5.78 Å². The van der Waals surface area contributed by atoms with Crippen molar-refractivity contribution in [3.8, 4) is 0 Å². The van der Waals surface area contributed by atoms with Crippen molar-refractivity contribution in [1.29, 1.82) is 0 Å². The number of carbonyl (C=O) groups is 1. The van der Waals surface area contributed by atoms with Crippen molar-refractivity contribution in [2.75, 3.05) is 13.4 Å². The molecule has 122 valence electrons. The first-order valence-corrected chi connectivity index (χ1v) is 10.1. The maximum atomic E-state index is 12.8. The second-order valence-corrected chi connectivity index (χ2v) is 9.10. The summed E-state index contributed by atoms with van der Waals surface area (Å²) in [5.41, 5.74) is 0. The van der Waals surface area contributed by atoms with Gasteiger partial charge in [0.05, 0.1) is 5.25 Å². The van der Waals surface area contributed by atoms with Crippen LogP contribution < -0.4 is 0 Å². The number of Topliss-reactive ketones (excluding diaryl/α,β-unsaturated/α-hetero) is 1. The number of ether oxygens (including phenoxy) is 1. The molecule has 2 saturated carbocycles. The molecule has 0 aliphatic heterocycles. The minimum Gasteiger partial charge on any atom is -0.373 e. The predicted molar refractivity (Wildman–Crippen MR) is 83.0 cm³/mol. The van der Waals surface area contributed by atoms with Crippen LogP contribution >= 0.6 is 0 Å².